The van der Waals surface area contributed by atoms with E-state index in [4.69, 9.17) is 0 Å². The third-order valence-electron chi connectivity index (χ3n) is 3.74. The Bertz CT molecular complexity index is 705. The molecule has 1 atom stereocenters. The number of hydrogen-bond donors (Lipinski definition) is 0. The van der Waals surface area contributed by atoms with Gasteiger partial charge in [-0.1, -0.05) is 15.9 Å². The topological polar surface area (TPSA) is 42.3 Å². The Morgan fingerprint density at radius 3 is 2.63 bits per heavy atom. The number of amides is 2. The summed E-state index contributed by atoms with van der Waals surface area (Å²) in [7, 11) is 3.50. The van der Waals surface area contributed by atoms with Gasteiger partial charge in [-0.25, -0.2) is 0 Å². The fraction of sp³-hybridized carbons (Fsp3) is 0.286. The molecule has 1 fully saturated rings. The van der Waals surface area contributed by atoms with Crippen molar-refractivity contribution in [2.24, 2.45) is 7.05 Å². The van der Waals surface area contributed by atoms with E-state index in [1.807, 2.05) is 36.0 Å². The maximum Gasteiger partial charge on any atom is 0.237 e. The standard InChI is InChI=1S/C14H13BrN2O2/c1-16-7-11(9-5-8(15)3-4-12(9)16)10-6-13(18)17(2)14(10)19/h3-5,7,10H,6H2,1-2H3. The molecule has 2 aromatic rings. The Morgan fingerprint density at radius 2 is 2.00 bits per heavy atom. The minimum atomic E-state index is -0.351. The number of likely N-dealkylation sites (N-methyl/N-ethyl adjacent to an activating group) is 1. The van der Waals surface area contributed by atoms with Gasteiger partial charge in [0.1, 0.15) is 0 Å². The van der Waals surface area contributed by atoms with Crippen molar-refractivity contribution in [1.82, 2.24) is 9.47 Å². The molecule has 1 aliphatic rings. The summed E-state index contributed by atoms with van der Waals surface area (Å²) in [5.74, 6) is -0.574. The number of halogens is 1. The van der Waals surface area contributed by atoms with Crippen molar-refractivity contribution < 1.29 is 9.59 Å². The van der Waals surface area contributed by atoms with Gasteiger partial charge in [0.2, 0.25) is 11.8 Å². The molecule has 0 bridgehead atoms. The van der Waals surface area contributed by atoms with E-state index in [2.05, 4.69) is 15.9 Å². The van der Waals surface area contributed by atoms with Crippen LogP contribution in [0.2, 0.25) is 0 Å². The highest BCUT2D eigenvalue weighted by Gasteiger charge is 2.38. The number of fused-ring (bicyclic) bond motifs is 1. The van der Waals surface area contributed by atoms with Gasteiger partial charge >= 0.3 is 0 Å². The molecule has 2 heterocycles. The zero-order chi connectivity index (χ0) is 13.7. The number of carbonyl (C=O) groups is 2. The lowest BCUT2D eigenvalue weighted by atomic mass is 9.97. The van der Waals surface area contributed by atoms with Crippen LogP contribution in [0.3, 0.4) is 0 Å². The fourth-order valence-electron chi connectivity index (χ4n) is 2.67. The van der Waals surface area contributed by atoms with Crippen LogP contribution in [-0.2, 0) is 16.6 Å². The average Bonchev–Trinajstić information content (AvgIpc) is 2.82. The van der Waals surface area contributed by atoms with Crippen molar-refractivity contribution in [3.8, 4) is 0 Å². The molecule has 0 radical (unpaired) electrons. The van der Waals surface area contributed by atoms with Gasteiger partial charge in [0, 0.05) is 42.1 Å². The summed E-state index contributed by atoms with van der Waals surface area (Å²) in [6.45, 7) is 0. The summed E-state index contributed by atoms with van der Waals surface area (Å²) in [6.07, 6.45) is 2.22. The number of nitrogens with zero attached hydrogens (tertiary/aromatic N) is 2. The molecular weight excluding hydrogens is 308 g/mol. The summed E-state index contributed by atoms with van der Waals surface area (Å²) >= 11 is 3.45. The van der Waals surface area contributed by atoms with Crippen molar-refractivity contribution in [1.29, 1.82) is 0 Å². The molecule has 0 saturated carbocycles. The molecule has 1 aromatic heterocycles. The number of likely N-dealkylation sites (tertiary alicyclic amines) is 1. The average molecular weight is 321 g/mol. The molecule has 1 unspecified atom stereocenters. The molecule has 1 saturated heterocycles. The summed E-state index contributed by atoms with van der Waals surface area (Å²) < 4.78 is 2.96. The maximum atomic E-state index is 12.1. The van der Waals surface area contributed by atoms with Gasteiger partial charge in [-0.3, -0.25) is 14.5 Å². The first-order valence-electron chi connectivity index (χ1n) is 6.04. The maximum absolute atomic E-state index is 12.1. The van der Waals surface area contributed by atoms with Crippen LogP contribution in [-0.4, -0.2) is 28.3 Å². The monoisotopic (exact) mass is 320 g/mol. The minimum Gasteiger partial charge on any atom is -0.350 e. The van der Waals surface area contributed by atoms with Gasteiger partial charge in [0.05, 0.1) is 5.92 Å². The van der Waals surface area contributed by atoms with Crippen LogP contribution >= 0.6 is 15.9 Å². The molecule has 5 heteroatoms. The molecule has 19 heavy (non-hydrogen) atoms. The van der Waals surface area contributed by atoms with Crippen LogP contribution in [0.25, 0.3) is 10.9 Å². The third kappa shape index (κ3) is 1.80. The van der Waals surface area contributed by atoms with Gasteiger partial charge in [-0.05, 0) is 23.8 Å². The largest absolute Gasteiger partial charge is 0.350 e. The first-order chi connectivity index (χ1) is 8.99. The van der Waals surface area contributed by atoms with E-state index < -0.39 is 0 Å². The van der Waals surface area contributed by atoms with Crippen LogP contribution in [0, 0.1) is 0 Å². The molecule has 3 rings (SSSR count). The Hall–Kier alpha value is -1.62. The number of benzene rings is 1. The second kappa shape index (κ2) is 4.20. The van der Waals surface area contributed by atoms with Crippen LogP contribution in [0.1, 0.15) is 17.9 Å². The number of hydrogen-bond acceptors (Lipinski definition) is 2. The van der Waals surface area contributed by atoms with E-state index in [-0.39, 0.29) is 24.2 Å². The molecule has 2 amide bonds. The van der Waals surface area contributed by atoms with Gasteiger partial charge in [-0.2, -0.15) is 0 Å². The van der Waals surface area contributed by atoms with E-state index >= 15 is 0 Å². The summed E-state index contributed by atoms with van der Waals surface area (Å²) in [5.41, 5.74) is 1.99. The predicted octanol–water partition coefficient (Wildman–Crippen LogP) is 2.41. The van der Waals surface area contributed by atoms with Crippen LogP contribution < -0.4 is 0 Å². The van der Waals surface area contributed by atoms with Crippen molar-refractivity contribution in [3.05, 3.63) is 34.4 Å². The highest BCUT2D eigenvalue weighted by Crippen LogP contribution is 2.35. The van der Waals surface area contributed by atoms with Gasteiger partial charge in [-0.15, -0.1) is 0 Å². The van der Waals surface area contributed by atoms with E-state index in [0.717, 1.165) is 20.9 Å². The Labute approximate surface area is 119 Å². The number of rotatable bonds is 1. The zero-order valence-corrected chi connectivity index (χ0v) is 12.3. The Balaban J connectivity index is 2.18. The number of imide groups is 1. The van der Waals surface area contributed by atoms with Crippen LogP contribution in [0.15, 0.2) is 28.9 Å². The molecular formula is C14H13BrN2O2. The zero-order valence-electron chi connectivity index (χ0n) is 10.7. The van der Waals surface area contributed by atoms with E-state index in [0.29, 0.717) is 0 Å². The van der Waals surface area contributed by atoms with Crippen LogP contribution in [0.4, 0.5) is 0 Å². The van der Waals surface area contributed by atoms with Crippen molar-refractivity contribution in [2.75, 3.05) is 7.05 Å². The number of aromatic nitrogens is 1. The summed E-state index contributed by atoms with van der Waals surface area (Å²) in [5, 5.41) is 1.03. The summed E-state index contributed by atoms with van der Waals surface area (Å²) in [4.78, 5) is 25.0. The highest BCUT2D eigenvalue weighted by molar-refractivity contribution is 9.10. The fourth-order valence-corrected chi connectivity index (χ4v) is 3.03. The van der Waals surface area contributed by atoms with Gasteiger partial charge < -0.3 is 4.57 Å². The van der Waals surface area contributed by atoms with Crippen molar-refractivity contribution in [2.45, 2.75) is 12.3 Å². The first-order valence-corrected chi connectivity index (χ1v) is 6.83. The molecule has 0 aliphatic carbocycles. The van der Waals surface area contributed by atoms with Gasteiger partial charge in [0.25, 0.3) is 0 Å². The number of carbonyl (C=O) groups excluding carboxylic acids is 2. The molecule has 0 spiro atoms. The van der Waals surface area contributed by atoms with Crippen LogP contribution in [0.5, 0.6) is 0 Å². The SMILES string of the molecule is CN1C(=O)CC(c2cn(C)c3ccc(Br)cc23)C1=O. The molecule has 4 nitrogen and oxygen atoms in total. The Morgan fingerprint density at radius 1 is 1.26 bits per heavy atom. The normalized spacial score (nSPS) is 19.7. The predicted molar refractivity (Wildman–Crippen MR) is 75.8 cm³/mol. The minimum absolute atomic E-state index is 0.109. The lowest BCUT2D eigenvalue weighted by Crippen LogP contribution is -2.25. The van der Waals surface area contributed by atoms with E-state index in [1.54, 1.807) is 7.05 Å². The van der Waals surface area contributed by atoms with E-state index in [1.165, 1.54) is 4.90 Å². The third-order valence-corrected chi connectivity index (χ3v) is 4.23. The lowest BCUT2D eigenvalue weighted by molar-refractivity contribution is -0.137. The molecule has 98 valence electrons. The quantitative estimate of drug-likeness (QED) is 0.757. The Kier molecular flexibility index (Phi) is 2.74. The smallest absolute Gasteiger partial charge is 0.237 e. The summed E-state index contributed by atoms with van der Waals surface area (Å²) in [6, 6.07) is 5.98. The highest BCUT2D eigenvalue weighted by atomic mass is 79.9. The first kappa shape index (κ1) is 12.4. The molecule has 1 aromatic carbocycles. The molecule has 0 N–H and O–H groups in total. The number of aryl methyl sites for hydroxylation is 1. The van der Waals surface area contributed by atoms with Gasteiger partial charge in [0.15, 0.2) is 0 Å². The molecule has 1 aliphatic heterocycles. The lowest BCUT2D eigenvalue weighted by Gasteiger charge is -2.07. The van der Waals surface area contributed by atoms with Crippen molar-refractivity contribution in [3.63, 3.8) is 0 Å². The second-order valence-electron chi connectivity index (χ2n) is 4.90. The second-order valence-corrected chi connectivity index (χ2v) is 5.82. The van der Waals surface area contributed by atoms with E-state index in [9.17, 15) is 9.59 Å². The van der Waals surface area contributed by atoms with Crippen molar-refractivity contribution >= 4 is 38.6 Å².